The lowest BCUT2D eigenvalue weighted by molar-refractivity contribution is 0.275. The van der Waals surface area contributed by atoms with Gasteiger partial charge in [-0.15, -0.1) is 0 Å². The summed E-state index contributed by atoms with van der Waals surface area (Å²) in [6, 6.07) is 20.8. The molecule has 0 fully saturated rings. The zero-order valence-electron chi connectivity index (χ0n) is 15.4. The first-order valence-electron chi connectivity index (χ1n) is 9.00. The van der Waals surface area contributed by atoms with Gasteiger partial charge in [-0.05, 0) is 59.9 Å². The van der Waals surface area contributed by atoms with Crippen LogP contribution < -0.4 is 14.9 Å². The Bertz CT molecular complexity index is 992. The number of nitrogens with one attached hydrogen (secondary N) is 1. The molecule has 7 heteroatoms. The van der Waals surface area contributed by atoms with Gasteiger partial charge in [-0.1, -0.05) is 35.9 Å². The molecule has 2 N–H and O–H groups in total. The largest absolute Gasteiger partial charge is 0.491 e. The summed E-state index contributed by atoms with van der Waals surface area (Å²) in [7, 11) is -2.09. The zero-order valence-corrected chi connectivity index (χ0v) is 16.2. The Balaban J connectivity index is 1.35. The lowest BCUT2D eigenvalue weighted by Gasteiger charge is -2.09. The number of rotatable bonds is 6. The average Bonchev–Trinajstić information content (AvgIpc) is 3.08. The van der Waals surface area contributed by atoms with E-state index >= 15 is 0 Å². The predicted octanol–water partition coefficient (Wildman–Crippen LogP) is 2.82. The minimum atomic E-state index is -1.25. The quantitative estimate of drug-likeness (QED) is 0.632. The van der Waals surface area contributed by atoms with Crippen LogP contribution in [0.4, 0.5) is 0 Å². The Morgan fingerprint density at radius 2 is 1.79 bits per heavy atom. The van der Waals surface area contributed by atoms with E-state index in [9.17, 15) is 9.23 Å². The average molecular weight is 393 g/mol. The normalized spacial score (nSPS) is 14.0. The highest BCUT2D eigenvalue weighted by molar-refractivity contribution is 7.83. The van der Waals surface area contributed by atoms with Gasteiger partial charge in [-0.2, -0.15) is 0 Å². The molecule has 1 aliphatic rings. The maximum atomic E-state index is 12.3. The van der Waals surface area contributed by atoms with Gasteiger partial charge in [0.05, 0.1) is 11.5 Å². The molecule has 0 spiro atoms. The molecule has 0 aromatic heterocycles. The molecule has 0 bridgehead atoms. The molecule has 28 heavy (non-hydrogen) atoms. The zero-order chi connectivity index (χ0) is 19.5. The van der Waals surface area contributed by atoms with Crippen LogP contribution in [0.15, 0.2) is 71.6 Å². The van der Waals surface area contributed by atoms with Gasteiger partial charge < -0.3 is 14.4 Å². The first-order valence-corrected chi connectivity index (χ1v) is 10.1. The van der Waals surface area contributed by atoms with Crippen LogP contribution in [0.5, 0.6) is 11.5 Å². The topological polar surface area (TPSA) is 67.8 Å². The van der Waals surface area contributed by atoms with Crippen molar-refractivity contribution >= 4 is 23.6 Å². The first-order chi connectivity index (χ1) is 13.6. The molecule has 1 heterocycles. The third kappa shape index (κ3) is 4.34. The molecule has 0 amide bonds. The Morgan fingerprint density at radius 1 is 1.07 bits per heavy atom. The lowest BCUT2D eigenvalue weighted by Crippen LogP contribution is -2.27. The summed E-state index contributed by atoms with van der Waals surface area (Å²) in [5.74, 6) is 1.41. The van der Waals surface area contributed by atoms with Crippen LogP contribution in [0.3, 0.4) is 0 Å². The second kappa shape index (κ2) is 8.28. The summed E-state index contributed by atoms with van der Waals surface area (Å²) in [6.45, 7) is 2.88. The molecule has 5 nitrogen and oxygen atoms in total. The van der Waals surface area contributed by atoms with Crippen molar-refractivity contribution in [1.82, 2.24) is 4.72 Å². The van der Waals surface area contributed by atoms with Gasteiger partial charge in [0.2, 0.25) is 0 Å². The molecule has 4 rings (SSSR count). The third-order valence-electron chi connectivity index (χ3n) is 4.58. The molecule has 3 aromatic rings. The van der Waals surface area contributed by atoms with E-state index in [1.165, 1.54) is 0 Å². The summed E-state index contributed by atoms with van der Waals surface area (Å²) in [5.41, 5.74) is 3.88. The first kappa shape index (κ1) is 18.9. The number of benzene rings is 3. The molecular formula is C21H20BNO4S. The Hall–Kier alpha value is -2.45. The van der Waals surface area contributed by atoms with Gasteiger partial charge in [0.25, 0.3) is 0 Å². The van der Waals surface area contributed by atoms with Crippen molar-refractivity contribution < 1.29 is 18.6 Å². The number of ether oxygens (including phenoxy) is 1. The summed E-state index contributed by atoms with van der Waals surface area (Å²) in [6.07, 6.45) is 0. The highest BCUT2D eigenvalue weighted by atomic mass is 32.2. The highest BCUT2D eigenvalue weighted by Gasteiger charge is 2.27. The fraction of sp³-hybridized carbons (Fsp3) is 0.143. The van der Waals surface area contributed by atoms with E-state index in [0.717, 1.165) is 27.0 Å². The van der Waals surface area contributed by atoms with Crippen LogP contribution in [0.2, 0.25) is 0 Å². The Morgan fingerprint density at radius 3 is 2.54 bits per heavy atom. The van der Waals surface area contributed by atoms with Crippen molar-refractivity contribution in [2.75, 3.05) is 0 Å². The van der Waals surface area contributed by atoms with Crippen LogP contribution in [-0.4, -0.2) is 16.4 Å². The molecule has 0 aliphatic carbocycles. The molecule has 3 aromatic carbocycles. The van der Waals surface area contributed by atoms with Crippen LogP contribution in [-0.2, 0) is 28.8 Å². The fourth-order valence-electron chi connectivity index (χ4n) is 2.98. The molecular weight excluding hydrogens is 373 g/mol. The van der Waals surface area contributed by atoms with E-state index in [-0.39, 0.29) is 0 Å². The minimum Gasteiger partial charge on any atom is -0.457 e. The van der Waals surface area contributed by atoms with Crippen molar-refractivity contribution in [2.24, 2.45) is 0 Å². The summed E-state index contributed by atoms with van der Waals surface area (Å²) in [4.78, 5) is 0.760. The Kier molecular flexibility index (Phi) is 5.59. The molecule has 1 unspecified atom stereocenters. The smallest absolute Gasteiger partial charge is 0.457 e. The summed E-state index contributed by atoms with van der Waals surface area (Å²) < 4.78 is 26.4. The van der Waals surface area contributed by atoms with Gasteiger partial charge >= 0.3 is 7.12 Å². The van der Waals surface area contributed by atoms with Crippen molar-refractivity contribution in [3.05, 3.63) is 83.4 Å². The number of hydrogen-bond acceptors (Lipinski definition) is 4. The summed E-state index contributed by atoms with van der Waals surface area (Å²) in [5, 5.41) is 9.68. The number of hydrogen-bond donors (Lipinski definition) is 2. The monoisotopic (exact) mass is 393 g/mol. The number of aryl methyl sites for hydroxylation is 1. The Labute approximate surface area is 167 Å². The van der Waals surface area contributed by atoms with Crippen molar-refractivity contribution in [2.45, 2.75) is 25.0 Å². The van der Waals surface area contributed by atoms with Gasteiger partial charge in [-0.25, -0.2) is 8.93 Å². The van der Waals surface area contributed by atoms with E-state index < -0.39 is 18.1 Å². The van der Waals surface area contributed by atoms with Crippen LogP contribution in [0, 0.1) is 6.92 Å². The number of fused-ring (bicyclic) bond motifs is 1. The van der Waals surface area contributed by atoms with Gasteiger partial charge in [0.15, 0.2) is 0 Å². The van der Waals surface area contributed by atoms with Gasteiger partial charge in [-0.3, -0.25) is 0 Å². The maximum Gasteiger partial charge on any atom is 0.491 e. The van der Waals surface area contributed by atoms with E-state index in [1.807, 2.05) is 73.7 Å². The van der Waals surface area contributed by atoms with E-state index in [2.05, 4.69) is 4.72 Å². The SMILES string of the molecule is Cc1ccc(S(=O)NCc2ccc(Oc3ccc4c(c3)COB4O)cc2)cc1. The van der Waals surface area contributed by atoms with Crippen molar-refractivity contribution in [1.29, 1.82) is 0 Å². The molecule has 0 saturated carbocycles. The fourth-order valence-corrected chi connectivity index (χ4v) is 3.82. The van der Waals surface area contributed by atoms with E-state index in [0.29, 0.717) is 24.7 Å². The molecule has 142 valence electrons. The van der Waals surface area contributed by atoms with E-state index in [1.54, 1.807) is 0 Å². The third-order valence-corrected chi connectivity index (χ3v) is 5.69. The van der Waals surface area contributed by atoms with Crippen molar-refractivity contribution in [3.63, 3.8) is 0 Å². The van der Waals surface area contributed by atoms with Crippen LogP contribution >= 0.6 is 0 Å². The van der Waals surface area contributed by atoms with Crippen molar-refractivity contribution in [3.8, 4) is 11.5 Å². The second-order valence-electron chi connectivity index (χ2n) is 6.67. The van der Waals surface area contributed by atoms with E-state index in [4.69, 9.17) is 9.39 Å². The molecule has 0 radical (unpaired) electrons. The molecule has 1 aliphatic heterocycles. The van der Waals surface area contributed by atoms with Gasteiger partial charge in [0, 0.05) is 6.54 Å². The lowest BCUT2D eigenvalue weighted by atomic mass is 9.80. The standard InChI is InChI=1S/C21H20BNO4S/c1-15-2-9-20(10-3-15)28(25)23-13-16-4-6-18(7-5-16)27-19-8-11-21-17(12-19)14-26-22(21)24/h2-12,23-24H,13-14H2,1H3. The predicted molar refractivity (Wildman–Crippen MR) is 110 cm³/mol. The highest BCUT2D eigenvalue weighted by Crippen LogP contribution is 2.24. The minimum absolute atomic E-state index is 0.385. The maximum absolute atomic E-state index is 12.3. The van der Waals surface area contributed by atoms with Gasteiger partial charge in [0.1, 0.15) is 22.5 Å². The molecule has 0 saturated heterocycles. The van der Waals surface area contributed by atoms with Crippen LogP contribution in [0.25, 0.3) is 0 Å². The molecule has 1 atom stereocenters. The summed E-state index contributed by atoms with van der Waals surface area (Å²) >= 11 is 0. The second-order valence-corrected chi connectivity index (χ2v) is 7.97. The van der Waals surface area contributed by atoms with Crippen LogP contribution in [0.1, 0.15) is 16.7 Å².